The van der Waals surface area contributed by atoms with Gasteiger partial charge in [0.15, 0.2) is 5.96 Å². The van der Waals surface area contributed by atoms with Gasteiger partial charge in [0.25, 0.3) is 0 Å². The van der Waals surface area contributed by atoms with E-state index in [0.717, 1.165) is 23.7 Å². The molecule has 8 nitrogen and oxygen atoms in total. The number of hydrogen-bond acceptors (Lipinski definition) is 5. The number of nitrogens with one attached hydrogen (secondary N) is 3. The number of sulfonamides is 1. The molecule has 0 radical (unpaired) electrons. The smallest absolute Gasteiger partial charge is 0.242 e. The number of rotatable bonds is 9. The van der Waals surface area contributed by atoms with Crippen molar-refractivity contribution < 1.29 is 8.42 Å². The van der Waals surface area contributed by atoms with Gasteiger partial charge in [-0.25, -0.2) is 18.1 Å². The summed E-state index contributed by atoms with van der Waals surface area (Å²) in [6.07, 6.45) is 4.09. The molecular weight excluding hydrogens is 511 g/mol. The van der Waals surface area contributed by atoms with Gasteiger partial charge in [0, 0.05) is 50.4 Å². The van der Waals surface area contributed by atoms with Crippen LogP contribution < -0.4 is 15.4 Å². The lowest BCUT2D eigenvalue weighted by atomic mass is 10.4. The van der Waals surface area contributed by atoms with Crippen molar-refractivity contribution in [2.75, 3.05) is 26.2 Å². The minimum Gasteiger partial charge on any atom is -0.357 e. The number of halogens is 1. The van der Waals surface area contributed by atoms with Crippen LogP contribution in [0.5, 0.6) is 0 Å². The number of hydrogen-bond donors (Lipinski definition) is 3. The largest absolute Gasteiger partial charge is 0.357 e. The molecule has 0 amide bonds. The zero-order valence-corrected chi connectivity index (χ0v) is 20.6. The third-order valence-corrected chi connectivity index (χ3v) is 6.42. The third-order valence-electron chi connectivity index (χ3n) is 3.84. The van der Waals surface area contributed by atoms with Gasteiger partial charge in [-0.1, -0.05) is 0 Å². The van der Waals surface area contributed by atoms with E-state index in [1.54, 1.807) is 41.4 Å². The summed E-state index contributed by atoms with van der Waals surface area (Å²) < 4.78 is 28.6. The van der Waals surface area contributed by atoms with E-state index in [-0.39, 0.29) is 35.4 Å². The molecule has 0 saturated heterocycles. The normalized spacial score (nSPS) is 11.9. The minimum atomic E-state index is -3.49. The Bertz CT molecular complexity index is 857. The summed E-state index contributed by atoms with van der Waals surface area (Å²) >= 11 is 1.71. The highest BCUT2D eigenvalue weighted by Crippen LogP contribution is 2.16. The van der Waals surface area contributed by atoms with Crippen LogP contribution in [0, 0.1) is 13.8 Å². The maximum absolute atomic E-state index is 12.2. The number of guanidine groups is 1. The van der Waals surface area contributed by atoms with E-state index in [0.29, 0.717) is 19.0 Å². The molecule has 2 heterocycles. The Labute approximate surface area is 188 Å². The molecule has 0 aliphatic carbocycles. The van der Waals surface area contributed by atoms with Crippen LogP contribution in [0.15, 0.2) is 28.3 Å². The first-order valence-electron chi connectivity index (χ1n) is 8.88. The Kier molecular flexibility index (Phi) is 10.4. The fourth-order valence-electron chi connectivity index (χ4n) is 2.34. The summed E-state index contributed by atoms with van der Waals surface area (Å²) in [4.78, 5) is 10.4. The van der Waals surface area contributed by atoms with Gasteiger partial charge in [-0.05, 0) is 26.8 Å². The Morgan fingerprint density at radius 2 is 2.04 bits per heavy atom. The molecule has 11 heteroatoms. The Morgan fingerprint density at radius 1 is 1.29 bits per heavy atom. The zero-order chi connectivity index (χ0) is 19.9. The van der Waals surface area contributed by atoms with Gasteiger partial charge in [-0.2, -0.15) is 0 Å². The average Bonchev–Trinajstić information content (AvgIpc) is 3.18. The second kappa shape index (κ2) is 11.7. The molecule has 0 atom stereocenters. The van der Waals surface area contributed by atoms with Crippen LogP contribution in [0.2, 0.25) is 0 Å². The second-order valence-corrected chi connectivity index (χ2v) is 9.15. The average molecular weight is 540 g/mol. The van der Waals surface area contributed by atoms with Gasteiger partial charge < -0.3 is 15.2 Å². The second-order valence-electron chi connectivity index (χ2n) is 6.10. The molecule has 158 valence electrons. The number of aryl methyl sites for hydroxylation is 3. The predicted octanol–water partition coefficient (Wildman–Crippen LogP) is 1.79. The summed E-state index contributed by atoms with van der Waals surface area (Å²) in [6.45, 7) is 8.11. The molecule has 2 aromatic rings. The molecule has 0 aliphatic heterocycles. The van der Waals surface area contributed by atoms with Crippen molar-refractivity contribution in [1.29, 1.82) is 0 Å². The summed E-state index contributed by atoms with van der Waals surface area (Å²) in [5.41, 5.74) is 1.08. The molecular formula is C17H29IN6O2S2. The van der Waals surface area contributed by atoms with Crippen LogP contribution in [-0.2, 0) is 23.5 Å². The number of aliphatic imine (C=N–C) groups is 1. The standard InChI is InChI=1S/C17H28N6O2S2.HI/c1-5-18-17(19-8-6-16-22-13(2)14(3)26-16)20-9-10-21-27(24,25)15-7-11-23(4)12-15;/h7,11-12,21H,5-6,8-10H2,1-4H3,(H2,18,19,20);1H. The summed E-state index contributed by atoms with van der Waals surface area (Å²) in [6, 6.07) is 1.57. The lowest BCUT2D eigenvalue weighted by molar-refractivity contribution is 0.582. The SMILES string of the molecule is CCNC(=NCCNS(=O)(=O)c1ccn(C)c1)NCCc1nc(C)c(C)s1.I. The lowest BCUT2D eigenvalue weighted by Gasteiger charge is -2.11. The molecule has 2 aromatic heterocycles. The van der Waals surface area contributed by atoms with Crippen LogP contribution in [0.1, 0.15) is 22.5 Å². The highest BCUT2D eigenvalue weighted by atomic mass is 127. The van der Waals surface area contributed by atoms with Gasteiger partial charge in [0.2, 0.25) is 10.0 Å². The molecule has 28 heavy (non-hydrogen) atoms. The highest BCUT2D eigenvalue weighted by molar-refractivity contribution is 14.0. The molecule has 3 N–H and O–H groups in total. The van der Waals surface area contributed by atoms with Gasteiger partial charge in [0.05, 0.1) is 22.1 Å². The molecule has 0 fully saturated rings. The fourth-order valence-corrected chi connectivity index (χ4v) is 4.35. The predicted molar refractivity (Wildman–Crippen MR) is 125 cm³/mol. The van der Waals surface area contributed by atoms with Gasteiger partial charge in [-0.3, -0.25) is 4.99 Å². The van der Waals surface area contributed by atoms with Crippen LogP contribution in [-0.4, -0.2) is 50.1 Å². The molecule has 0 bridgehead atoms. The zero-order valence-electron chi connectivity index (χ0n) is 16.7. The maximum Gasteiger partial charge on any atom is 0.242 e. The number of nitrogens with zero attached hydrogens (tertiary/aromatic N) is 3. The first-order chi connectivity index (χ1) is 12.8. The van der Waals surface area contributed by atoms with Crippen molar-refractivity contribution in [2.45, 2.75) is 32.1 Å². The van der Waals surface area contributed by atoms with Crippen molar-refractivity contribution in [3.05, 3.63) is 34.0 Å². The third kappa shape index (κ3) is 7.68. The van der Waals surface area contributed by atoms with Crippen LogP contribution in [0.3, 0.4) is 0 Å². The molecule has 0 aromatic carbocycles. The van der Waals surface area contributed by atoms with Crippen molar-refractivity contribution in [1.82, 2.24) is 24.9 Å². The van der Waals surface area contributed by atoms with E-state index >= 15 is 0 Å². The summed E-state index contributed by atoms with van der Waals surface area (Å²) in [5, 5.41) is 7.52. The topological polar surface area (TPSA) is 100 Å². The quantitative estimate of drug-likeness (QED) is 0.195. The molecule has 0 saturated carbocycles. The Balaban J connectivity index is 0.00000392. The molecule has 0 aliphatic rings. The van der Waals surface area contributed by atoms with Crippen molar-refractivity contribution in [2.24, 2.45) is 12.0 Å². The highest BCUT2D eigenvalue weighted by Gasteiger charge is 2.13. The van der Waals surface area contributed by atoms with Gasteiger partial charge in [-0.15, -0.1) is 35.3 Å². The van der Waals surface area contributed by atoms with Crippen molar-refractivity contribution in [3.63, 3.8) is 0 Å². The van der Waals surface area contributed by atoms with Gasteiger partial charge >= 0.3 is 0 Å². The lowest BCUT2D eigenvalue weighted by Crippen LogP contribution is -2.39. The van der Waals surface area contributed by atoms with Gasteiger partial charge in [0.1, 0.15) is 0 Å². The first kappa shape index (κ1) is 24.9. The fraction of sp³-hybridized carbons (Fsp3) is 0.529. The number of thiazole rings is 1. The minimum absolute atomic E-state index is 0. The summed E-state index contributed by atoms with van der Waals surface area (Å²) in [7, 11) is -1.71. The Morgan fingerprint density at radius 3 is 2.61 bits per heavy atom. The van der Waals surface area contributed by atoms with Crippen molar-refractivity contribution >= 4 is 51.3 Å². The van der Waals surface area contributed by atoms with E-state index in [1.807, 2.05) is 13.8 Å². The first-order valence-corrected chi connectivity index (χ1v) is 11.2. The Hall–Kier alpha value is -1.18. The van der Waals surface area contributed by atoms with Crippen molar-refractivity contribution in [3.8, 4) is 0 Å². The maximum atomic E-state index is 12.2. The monoisotopic (exact) mass is 540 g/mol. The van der Waals surface area contributed by atoms with Crippen LogP contribution in [0.4, 0.5) is 0 Å². The van der Waals surface area contributed by atoms with E-state index in [4.69, 9.17) is 0 Å². The number of aromatic nitrogens is 2. The van der Waals surface area contributed by atoms with Crippen LogP contribution >= 0.6 is 35.3 Å². The van der Waals surface area contributed by atoms with E-state index < -0.39 is 10.0 Å². The van der Waals surface area contributed by atoms with E-state index in [9.17, 15) is 8.42 Å². The van der Waals surface area contributed by atoms with E-state index in [1.165, 1.54) is 4.88 Å². The van der Waals surface area contributed by atoms with E-state index in [2.05, 4.69) is 32.3 Å². The molecule has 0 unspecified atom stereocenters. The molecule has 2 rings (SSSR count). The molecule has 0 spiro atoms. The summed E-state index contributed by atoms with van der Waals surface area (Å²) in [5.74, 6) is 0.668. The van der Waals surface area contributed by atoms with Crippen LogP contribution in [0.25, 0.3) is 0 Å².